The van der Waals surface area contributed by atoms with E-state index in [1.165, 1.54) is 11.0 Å². The Balaban J connectivity index is 1.56. The van der Waals surface area contributed by atoms with Gasteiger partial charge >= 0.3 is 6.03 Å². The summed E-state index contributed by atoms with van der Waals surface area (Å²) >= 11 is 1.58. The molecule has 0 spiro atoms. The number of fused-ring (bicyclic) bond motifs is 1. The van der Waals surface area contributed by atoms with E-state index in [0.717, 1.165) is 24.0 Å². The number of amides is 3. The molecule has 6 nitrogen and oxygen atoms in total. The van der Waals surface area contributed by atoms with Gasteiger partial charge in [-0.25, -0.2) is 9.18 Å². The number of hydrogen-bond donors (Lipinski definition) is 0. The summed E-state index contributed by atoms with van der Waals surface area (Å²) in [5.74, 6) is 0.820. The molecule has 2 atom stereocenters. The van der Waals surface area contributed by atoms with Crippen LogP contribution in [-0.4, -0.2) is 47.2 Å². The third-order valence-electron chi connectivity index (χ3n) is 5.55. The predicted molar refractivity (Wildman–Crippen MR) is 117 cm³/mol. The molecule has 2 aliphatic rings. The molecule has 2 heterocycles. The molecule has 0 aliphatic carbocycles. The zero-order valence-corrected chi connectivity index (χ0v) is 18.4. The highest BCUT2D eigenvalue weighted by Crippen LogP contribution is 2.46. The second kappa shape index (κ2) is 9.18. The van der Waals surface area contributed by atoms with Crippen LogP contribution in [0.25, 0.3) is 0 Å². The number of carbonyl (C=O) groups excluding carboxylic acids is 2. The number of benzene rings is 2. The Bertz CT molecular complexity index is 986. The lowest BCUT2D eigenvalue weighted by Gasteiger charge is -2.24. The van der Waals surface area contributed by atoms with Crippen LogP contribution in [0.1, 0.15) is 36.3 Å². The standard InChI is InChI=1S/C23H25FN2O4S/c1-3-4-11-25-21(27)18-14-31-22(26(18)23(25)28)15-9-10-19(29-2)16(12-15)13-30-20-8-6-5-7-17(20)24/h5-10,12,18,22H,3-4,11,13-14H2,1-2H3/t18-,22-/m1/s1. The SMILES string of the molecule is CCCCN1C(=O)[C@H]2CS[C@H](c3ccc(OC)c(COc4ccccc4F)c3)N2C1=O. The number of nitrogens with zero attached hydrogens (tertiary/aromatic N) is 2. The molecule has 2 aliphatic heterocycles. The number of carbonyl (C=O) groups is 2. The molecule has 0 bridgehead atoms. The van der Waals surface area contributed by atoms with E-state index in [2.05, 4.69) is 0 Å². The average molecular weight is 445 g/mol. The van der Waals surface area contributed by atoms with Crippen LogP contribution in [0.4, 0.5) is 9.18 Å². The summed E-state index contributed by atoms with van der Waals surface area (Å²) in [4.78, 5) is 28.8. The summed E-state index contributed by atoms with van der Waals surface area (Å²) in [6.45, 7) is 2.62. The van der Waals surface area contributed by atoms with Crippen molar-refractivity contribution in [3.8, 4) is 11.5 Å². The second-order valence-electron chi connectivity index (χ2n) is 7.53. The maximum absolute atomic E-state index is 13.9. The largest absolute Gasteiger partial charge is 0.496 e. The number of para-hydroxylation sites is 1. The third kappa shape index (κ3) is 4.08. The van der Waals surface area contributed by atoms with E-state index in [9.17, 15) is 14.0 Å². The molecule has 2 aromatic rings. The number of unbranched alkanes of at least 4 members (excludes halogenated alkanes) is 1. The lowest BCUT2D eigenvalue weighted by Crippen LogP contribution is -2.34. The average Bonchev–Trinajstić information content (AvgIpc) is 3.32. The second-order valence-corrected chi connectivity index (χ2v) is 8.64. The van der Waals surface area contributed by atoms with Gasteiger partial charge in [-0.2, -0.15) is 0 Å². The van der Waals surface area contributed by atoms with Gasteiger partial charge in [0.2, 0.25) is 0 Å². The monoisotopic (exact) mass is 444 g/mol. The topological polar surface area (TPSA) is 59.1 Å². The van der Waals surface area contributed by atoms with Crippen LogP contribution in [0.15, 0.2) is 42.5 Å². The highest BCUT2D eigenvalue weighted by Gasteiger charge is 2.52. The Labute approximate surface area is 185 Å². The van der Waals surface area contributed by atoms with E-state index in [1.807, 2.05) is 25.1 Å². The first-order valence-corrected chi connectivity index (χ1v) is 11.4. The van der Waals surface area contributed by atoms with Crippen molar-refractivity contribution in [2.24, 2.45) is 0 Å². The lowest BCUT2D eigenvalue weighted by atomic mass is 10.1. The minimum atomic E-state index is -0.430. The summed E-state index contributed by atoms with van der Waals surface area (Å²) in [5, 5.41) is -0.258. The van der Waals surface area contributed by atoms with Crippen molar-refractivity contribution < 1.29 is 23.5 Å². The maximum Gasteiger partial charge on any atom is 0.328 e. The molecule has 0 radical (unpaired) electrons. The van der Waals surface area contributed by atoms with Crippen molar-refractivity contribution in [1.29, 1.82) is 0 Å². The first-order valence-electron chi connectivity index (χ1n) is 10.3. The number of ether oxygens (including phenoxy) is 2. The molecule has 164 valence electrons. The number of hydrogen-bond acceptors (Lipinski definition) is 5. The van der Waals surface area contributed by atoms with Crippen molar-refractivity contribution in [2.45, 2.75) is 37.8 Å². The number of halogens is 1. The quantitative estimate of drug-likeness (QED) is 0.558. The van der Waals surface area contributed by atoms with Crippen LogP contribution in [0.3, 0.4) is 0 Å². The molecule has 0 aromatic heterocycles. The molecule has 2 saturated heterocycles. The highest BCUT2D eigenvalue weighted by molar-refractivity contribution is 7.99. The van der Waals surface area contributed by atoms with Gasteiger partial charge in [-0.1, -0.05) is 31.5 Å². The van der Waals surface area contributed by atoms with Crippen LogP contribution in [0, 0.1) is 5.82 Å². The lowest BCUT2D eigenvalue weighted by molar-refractivity contribution is -0.127. The van der Waals surface area contributed by atoms with Gasteiger partial charge < -0.3 is 9.47 Å². The fourth-order valence-electron chi connectivity index (χ4n) is 3.90. The predicted octanol–water partition coefficient (Wildman–Crippen LogP) is 4.59. The normalized spacial score (nSPS) is 20.4. The highest BCUT2D eigenvalue weighted by atomic mass is 32.2. The van der Waals surface area contributed by atoms with Crippen molar-refractivity contribution in [1.82, 2.24) is 9.80 Å². The van der Waals surface area contributed by atoms with Gasteiger partial charge in [0.25, 0.3) is 5.91 Å². The maximum atomic E-state index is 13.9. The molecular formula is C23H25FN2O4S. The van der Waals surface area contributed by atoms with E-state index in [1.54, 1.807) is 42.0 Å². The molecule has 3 amide bonds. The number of urea groups is 1. The minimum Gasteiger partial charge on any atom is -0.496 e. The molecular weight excluding hydrogens is 419 g/mol. The molecule has 31 heavy (non-hydrogen) atoms. The van der Waals surface area contributed by atoms with Gasteiger partial charge in [-0.05, 0) is 36.2 Å². The van der Waals surface area contributed by atoms with Gasteiger partial charge in [-0.3, -0.25) is 14.6 Å². The first kappa shape index (κ1) is 21.5. The number of methoxy groups -OCH3 is 1. The van der Waals surface area contributed by atoms with Crippen LogP contribution in [0.2, 0.25) is 0 Å². The molecule has 2 aromatic carbocycles. The van der Waals surface area contributed by atoms with E-state index in [-0.39, 0.29) is 29.7 Å². The van der Waals surface area contributed by atoms with Crippen molar-refractivity contribution in [3.05, 3.63) is 59.4 Å². The van der Waals surface area contributed by atoms with Gasteiger partial charge in [0.15, 0.2) is 11.6 Å². The van der Waals surface area contributed by atoms with E-state index < -0.39 is 11.9 Å². The zero-order chi connectivity index (χ0) is 22.0. The molecule has 2 fully saturated rings. The summed E-state index contributed by atoms with van der Waals surface area (Å²) < 4.78 is 25.0. The summed E-state index contributed by atoms with van der Waals surface area (Å²) in [7, 11) is 1.57. The van der Waals surface area contributed by atoms with Gasteiger partial charge in [-0.15, -0.1) is 11.8 Å². The van der Waals surface area contributed by atoms with Crippen molar-refractivity contribution in [2.75, 3.05) is 19.4 Å². The van der Waals surface area contributed by atoms with Gasteiger partial charge in [0.1, 0.15) is 23.8 Å². The summed E-state index contributed by atoms with van der Waals surface area (Å²) in [6, 6.07) is 11.2. The van der Waals surface area contributed by atoms with Gasteiger partial charge in [0, 0.05) is 17.9 Å². The van der Waals surface area contributed by atoms with Gasteiger partial charge in [0.05, 0.1) is 7.11 Å². The molecule has 4 rings (SSSR count). The Kier molecular flexibility index (Phi) is 6.36. The molecule has 8 heteroatoms. The minimum absolute atomic E-state index is 0.106. The zero-order valence-electron chi connectivity index (χ0n) is 17.5. The Hall–Kier alpha value is -2.74. The third-order valence-corrected chi connectivity index (χ3v) is 6.87. The van der Waals surface area contributed by atoms with Crippen molar-refractivity contribution in [3.63, 3.8) is 0 Å². The fourth-order valence-corrected chi connectivity index (χ4v) is 5.31. The van der Waals surface area contributed by atoms with Crippen LogP contribution in [0.5, 0.6) is 11.5 Å². The van der Waals surface area contributed by atoms with Crippen LogP contribution in [-0.2, 0) is 11.4 Å². The smallest absolute Gasteiger partial charge is 0.328 e. The molecule has 0 N–H and O–H groups in total. The van der Waals surface area contributed by atoms with E-state index in [0.29, 0.717) is 18.0 Å². The molecule has 0 unspecified atom stereocenters. The first-order chi connectivity index (χ1) is 15.0. The van der Waals surface area contributed by atoms with E-state index >= 15 is 0 Å². The number of rotatable bonds is 8. The molecule has 0 saturated carbocycles. The Morgan fingerprint density at radius 2 is 1.97 bits per heavy atom. The Morgan fingerprint density at radius 1 is 1.16 bits per heavy atom. The Morgan fingerprint density at radius 3 is 2.71 bits per heavy atom. The van der Waals surface area contributed by atoms with Crippen LogP contribution < -0.4 is 9.47 Å². The number of imide groups is 1. The fraction of sp³-hybridized carbons (Fsp3) is 0.391. The van der Waals surface area contributed by atoms with E-state index in [4.69, 9.17) is 9.47 Å². The summed E-state index contributed by atoms with van der Waals surface area (Å²) in [5.41, 5.74) is 1.63. The summed E-state index contributed by atoms with van der Waals surface area (Å²) in [6.07, 6.45) is 1.72. The van der Waals surface area contributed by atoms with Crippen LogP contribution >= 0.6 is 11.8 Å². The number of thioether (sulfide) groups is 1. The van der Waals surface area contributed by atoms with Crippen molar-refractivity contribution >= 4 is 23.7 Å².